The highest BCUT2D eigenvalue weighted by Gasteiger charge is 2.47. The third kappa shape index (κ3) is 1.75. The molecule has 0 aromatic carbocycles. The third-order valence-corrected chi connectivity index (χ3v) is 4.67. The van der Waals surface area contributed by atoms with Crippen molar-refractivity contribution < 1.29 is 5.11 Å². The quantitative estimate of drug-likeness (QED) is 0.615. The van der Waals surface area contributed by atoms with E-state index in [-0.39, 0.29) is 0 Å². The summed E-state index contributed by atoms with van der Waals surface area (Å²) in [6.07, 6.45) is 6.47. The molecule has 1 nitrogen and oxygen atoms in total. The van der Waals surface area contributed by atoms with Crippen molar-refractivity contribution in [1.29, 1.82) is 0 Å². The van der Waals surface area contributed by atoms with Gasteiger partial charge < -0.3 is 5.11 Å². The summed E-state index contributed by atoms with van der Waals surface area (Å²) in [4.78, 5) is 0. The number of aliphatic hydroxyl groups is 1. The maximum absolute atomic E-state index is 10.9. The molecule has 0 heterocycles. The maximum Gasteiger partial charge on any atom is 0.0775 e. The molecule has 0 unspecified atom stereocenters. The van der Waals surface area contributed by atoms with Crippen molar-refractivity contribution in [2.24, 2.45) is 11.8 Å². The summed E-state index contributed by atoms with van der Waals surface area (Å²) in [7, 11) is 0. The predicted molar refractivity (Wildman–Crippen MR) is 68.2 cm³/mol. The lowest BCUT2D eigenvalue weighted by atomic mass is 9.60. The highest BCUT2D eigenvalue weighted by molar-refractivity contribution is 5.27. The Bertz CT molecular complexity index is 346. The summed E-state index contributed by atoms with van der Waals surface area (Å²) in [5.41, 5.74) is 3.92. The molecule has 2 aliphatic carbocycles. The highest BCUT2D eigenvalue weighted by atomic mass is 16.3. The molecule has 1 fully saturated rings. The Morgan fingerprint density at radius 1 is 1.44 bits per heavy atom. The van der Waals surface area contributed by atoms with Crippen molar-refractivity contribution in [3.8, 4) is 0 Å². The van der Waals surface area contributed by atoms with E-state index in [9.17, 15) is 5.11 Å². The minimum Gasteiger partial charge on any atom is -0.389 e. The van der Waals surface area contributed by atoms with Gasteiger partial charge in [-0.3, -0.25) is 0 Å². The lowest BCUT2D eigenvalue weighted by Crippen LogP contribution is -2.49. The van der Waals surface area contributed by atoms with E-state index in [1.807, 2.05) is 0 Å². The summed E-state index contributed by atoms with van der Waals surface area (Å²) in [5.74, 6) is 0.816. The van der Waals surface area contributed by atoms with Gasteiger partial charge in [0, 0.05) is 5.92 Å². The number of fused-ring (bicyclic) bond motifs is 1. The Morgan fingerprint density at radius 3 is 2.75 bits per heavy atom. The van der Waals surface area contributed by atoms with Gasteiger partial charge in [-0.2, -0.15) is 0 Å². The molecule has 0 aromatic rings. The van der Waals surface area contributed by atoms with Crippen LogP contribution in [0.15, 0.2) is 22.8 Å². The molecule has 1 saturated carbocycles. The second-order valence-electron chi connectivity index (χ2n) is 5.97. The first-order valence-electron chi connectivity index (χ1n) is 6.49. The second-order valence-corrected chi connectivity index (χ2v) is 5.97. The zero-order valence-electron chi connectivity index (χ0n) is 11.0. The van der Waals surface area contributed by atoms with Crippen molar-refractivity contribution in [3.63, 3.8) is 0 Å². The summed E-state index contributed by atoms with van der Waals surface area (Å²) >= 11 is 0. The van der Waals surface area contributed by atoms with E-state index in [2.05, 4.69) is 33.8 Å². The summed E-state index contributed by atoms with van der Waals surface area (Å²) in [6.45, 7) is 8.80. The molecule has 16 heavy (non-hydrogen) atoms. The summed E-state index contributed by atoms with van der Waals surface area (Å²) < 4.78 is 0. The van der Waals surface area contributed by atoms with Crippen LogP contribution in [-0.2, 0) is 0 Å². The minimum absolute atomic E-state index is 0.381. The maximum atomic E-state index is 10.9. The van der Waals surface area contributed by atoms with Crippen molar-refractivity contribution >= 4 is 0 Å². The van der Waals surface area contributed by atoms with Gasteiger partial charge in [0.2, 0.25) is 0 Å². The van der Waals surface area contributed by atoms with Crippen LogP contribution in [0.1, 0.15) is 53.4 Å². The van der Waals surface area contributed by atoms with Crippen molar-refractivity contribution in [1.82, 2.24) is 0 Å². The van der Waals surface area contributed by atoms with Gasteiger partial charge in [-0.1, -0.05) is 29.7 Å². The average Bonchev–Trinajstić information content (AvgIpc) is 2.21. The Kier molecular flexibility index (Phi) is 3.00. The summed E-state index contributed by atoms with van der Waals surface area (Å²) in [5, 5.41) is 10.9. The molecular weight excluding hydrogens is 196 g/mol. The number of allylic oxidation sites excluding steroid dienone is 2. The first-order chi connectivity index (χ1) is 7.45. The second kappa shape index (κ2) is 4.03. The Hall–Kier alpha value is -0.560. The molecule has 1 heteroatoms. The lowest BCUT2D eigenvalue weighted by Gasteiger charge is -2.48. The van der Waals surface area contributed by atoms with Crippen LogP contribution in [0.25, 0.3) is 0 Å². The van der Waals surface area contributed by atoms with Gasteiger partial charge in [0.1, 0.15) is 0 Å². The SMILES string of the molecule is CC1=CC[C@@]2(O)[C@H](C)CCC(=C(C)C)[C@H]2C1. The fourth-order valence-corrected chi connectivity index (χ4v) is 3.43. The normalized spacial score (nSPS) is 39.1. The topological polar surface area (TPSA) is 20.2 Å². The van der Waals surface area contributed by atoms with Gasteiger partial charge in [0.25, 0.3) is 0 Å². The third-order valence-electron chi connectivity index (χ3n) is 4.67. The van der Waals surface area contributed by atoms with Crippen molar-refractivity contribution in [2.45, 2.75) is 59.0 Å². The van der Waals surface area contributed by atoms with Gasteiger partial charge in [-0.15, -0.1) is 0 Å². The van der Waals surface area contributed by atoms with Crippen molar-refractivity contribution in [3.05, 3.63) is 22.8 Å². The van der Waals surface area contributed by atoms with Crippen LogP contribution in [0, 0.1) is 11.8 Å². The van der Waals surface area contributed by atoms with Crippen LogP contribution in [0.5, 0.6) is 0 Å². The van der Waals surface area contributed by atoms with E-state index in [4.69, 9.17) is 0 Å². The fourth-order valence-electron chi connectivity index (χ4n) is 3.43. The fraction of sp³-hybridized carbons (Fsp3) is 0.733. The highest BCUT2D eigenvalue weighted by Crippen LogP contribution is 2.49. The molecule has 90 valence electrons. The van der Waals surface area contributed by atoms with Crippen LogP contribution in [-0.4, -0.2) is 10.7 Å². The molecule has 0 spiro atoms. The van der Waals surface area contributed by atoms with Crippen LogP contribution in [0.4, 0.5) is 0 Å². The Labute approximate surface area is 99.3 Å². The molecule has 0 amide bonds. The van der Waals surface area contributed by atoms with Gasteiger partial charge in [0.15, 0.2) is 0 Å². The summed E-state index contributed by atoms with van der Waals surface area (Å²) in [6, 6.07) is 0. The molecule has 2 rings (SSSR count). The lowest BCUT2D eigenvalue weighted by molar-refractivity contribution is -0.0703. The van der Waals surface area contributed by atoms with E-state index >= 15 is 0 Å². The largest absolute Gasteiger partial charge is 0.389 e. The average molecular weight is 220 g/mol. The number of hydrogen-bond donors (Lipinski definition) is 1. The number of hydrogen-bond acceptors (Lipinski definition) is 1. The zero-order valence-corrected chi connectivity index (χ0v) is 11.0. The van der Waals surface area contributed by atoms with Gasteiger partial charge in [0.05, 0.1) is 5.60 Å². The molecule has 0 aromatic heterocycles. The van der Waals surface area contributed by atoms with Crippen LogP contribution in [0.2, 0.25) is 0 Å². The van der Waals surface area contributed by atoms with Crippen LogP contribution < -0.4 is 0 Å². The van der Waals surface area contributed by atoms with E-state index < -0.39 is 5.60 Å². The Morgan fingerprint density at radius 2 is 2.12 bits per heavy atom. The smallest absolute Gasteiger partial charge is 0.0775 e. The molecule has 0 saturated heterocycles. The van der Waals surface area contributed by atoms with E-state index in [1.165, 1.54) is 23.1 Å². The van der Waals surface area contributed by atoms with E-state index in [0.717, 1.165) is 19.3 Å². The zero-order chi connectivity index (χ0) is 11.9. The molecule has 0 aliphatic heterocycles. The van der Waals surface area contributed by atoms with Crippen LogP contribution >= 0.6 is 0 Å². The predicted octanol–water partition coefficient (Wildman–Crippen LogP) is 3.84. The molecule has 3 atom stereocenters. The van der Waals surface area contributed by atoms with Crippen LogP contribution in [0.3, 0.4) is 0 Å². The van der Waals surface area contributed by atoms with Gasteiger partial charge in [-0.25, -0.2) is 0 Å². The molecular formula is C15H24O. The Balaban J connectivity index is 2.41. The molecule has 0 radical (unpaired) electrons. The molecule has 1 N–H and O–H groups in total. The van der Waals surface area contributed by atoms with E-state index in [1.54, 1.807) is 0 Å². The molecule has 0 bridgehead atoms. The van der Waals surface area contributed by atoms with Gasteiger partial charge in [-0.05, 0) is 52.4 Å². The minimum atomic E-state index is -0.468. The molecule has 2 aliphatic rings. The first kappa shape index (κ1) is 11.9. The number of rotatable bonds is 0. The van der Waals surface area contributed by atoms with Gasteiger partial charge >= 0.3 is 0 Å². The first-order valence-corrected chi connectivity index (χ1v) is 6.49. The monoisotopic (exact) mass is 220 g/mol. The standard InChI is InChI=1S/C15H24O/c1-10(2)13-6-5-12(4)15(16)8-7-11(3)9-14(13)15/h7,12,14,16H,5-6,8-9H2,1-4H3/t12-,14-,15-/m1/s1. The van der Waals surface area contributed by atoms with E-state index in [0.29, 0.717) is 11.8 Å². The van der Waals surface area contributed by atoms with Crippen molar-refractivity contribution in [2.75, 3.05) is 0 Å².